The maximum atomic E-state index is 3.15. The maximum Gasteiger partial charge on any atom is 0.0355 e. The van der Waals surface area contributed by atoms with Gasteiger partial charge in [-0.15, -0.1) is 0 Å². The van der Waals surface area contributed by atoms with E-state index in [1.54, 1.807) is 0 Å². The first-order valence-corrected chi connectivity index (χ1v) is 3.63. The summed E-state index contributed by atoms with van der Waals surface area (Å²) in [6.45, 7) is 3.13. The van der Waals surface area contributed by atoms with E-state index >= 15 is 0 Å². The van der Waals surface area contributed by atoms with Crippen molar-refractivity contribution >= 4 is 22.6 Å². The highest BCUT2D eigenvalue weighted by Gasteiger charge is 1.94. The largest absolute Gasteiger partial charge is 0.386 e. The van der Waals surface area contributed by atoms with E-state index in [1.807, 2.05) is 6.20 Å². The number of hydrogen-bond acceptors (Lipinski definition) is 1. The molecule has 0 radical (unpaired) electrons. The van der Waals surface area contributed by atoms with E-state index in [4.69, 9.17) is 0 Å². The van der Waals surface area contributed by atoms with Gasteiger partial charge in [0.15, 0.2) is 0 Å². The highest BCUT2D eigenvalue weighted by Crippen LogP contribution is 2.11. The topological polar surface area (TPSA) is 12.0 Å². The average molecular weight is 221 g/mol. The number of allylic oxidation sites excluding steroid dienone is 2. The second kappa shape index (κ2) is 2.53. The molecule has 0 fully saturated rings. The average Bonchev–Trinajstić information content (AvgIpc) is 1.64. The third-order valence-corrected chi connectivity index (χ3v) is 1.63. The van der Waals surface area contributed by atoms with Crippen molar-refractivity contribution in [3.63, 3.8) is 0 Å². The lowest BCUT2D eigenvalue weighted by atomic mass is 10.2. The third kappa shape index (κ3) is 1.51. The Morgan fingerprint density at radius 3 is 2.88 bits per heavy atom. The second-order valence-electron chi connectivity index (χ2n) is 1.90. The number of rotatable bonds is 0. The van der Waals surface area contributed by atoms with Gasteiger partial charge in [-0.3, -0.25) is 0 Å². The first-order chi connectivity index (χ1) is 3.79. The molecule has 44 valence electrons. The minimum absolute atomic E-state index is 1.01. The van der Waals surface area contributed by atoms with Gasteiger partial charge < -0.3 is 5.32 Å². The first kappa shape index (κ1) is 6.13. The smallest absolute Gasteiger partial charge is 0.0355 e. The van der Waals surface area contributed by atoms with Crippen LogP contribution in [0, 0.1) is 0 Å². The molecule has 1 rings (SSSR count). The summed E-state index contributed by atoms with van der Waals surface area (Å²) in [5, 5.41) is 3.15. The number of hydrogen-bond donors (Lipinski definition) is 1. The summed E-state index contributed by atoms with van der Waals surface area (Å²) in [5.74, 6) is 0. The van der Waals surface area contributed by atoms with Gasteiger partial charge in [0.1, 0.15) is 0 Å². The fourth-order valence-corrected chi connectivity index (χ4v) is 1.39. The Bertz CT molecular complexity index is 147. The van der Waals surface area contributed by atoms with Gasteiger partial charge in [0.2, 0.25) is 0 Å². The lowest BCUT2D eigenvalue weighted by Gasteiger charge is -2.06. The molecule has 8 heavy (non-hydrogen) atoms. The Balaban J connectivity index is 2.69. The van der Waals surface area contributed by atoms with Crippen LogP contribution in [-0.2, 0) is 0 Å². The van der Waals surface area contributed by atoms with Crippen molar-refractivity contribution in [2.45, 2.75) is 6.92 Å². The van der Waals surface area contributed by atoms with Gasteiger partial charge in [-0.1, -0.05) is 5.57 Å². The monoisotopic (exact) mass is 221 g/mol. The molecule has 1 aliphatic heterocycles. The van der Waals surface area contributed by atoms with Crippen LogP contribution < -0.4 is 5.32 Å². The Hall–Kier alpha value is 0.01000. The summed E-state index contributed by atoms with van der Waals surface area (Å²) >= 11 is 2.29. The molecule has 0 aromatic heterocycles. The van der Waals surface area contributed by atoms with E-state index in [9.17, 15) is 0 Å². The molecule has 1 aliphatic rings. The molecule has 0 aromatic rings. The summed E-state index contributed by atoms with van der Waals surface area (Å²) in [6.07, 6.45) is 4.20. The fourth-order valence-electron chi connectivity index (χ4n) is 0.638. The zero-order valence-electron chi connectivity index (χ0n) is 4.74. The van der Waals surface area contributed by atoms with E-state index in [-0.39, 0.29) is 0 Å². The molecule has 0 atom stereocenters. The predicted octanol–water partition coefficient (Wildman–Crippen LogP) is 1.81. The molecule has 0 saturated heterocycles. The molecule has 0 aromatic carbocycles. The Morgan fingerprint density at radius 1 is 1.75 bits per heavy atom. The van der Waals surface area contributed by atoms with Crippen LogP contribution in [-0.4, -0.2) is 6.54 Å². The van der Waals surface area contributed by atoms with Crippen molar-refractivity contribution in [2.24, 2.45) is 0 Å². The molecule has 0 aliphatic carbocycles. The van der Waals surface area contributed by atoms with E-state index < -0.39 is 0 Å². The van der Waals surface area contributed by atoms with Crippen LogP contribution in [0.1, 0.15) is 6.92 Å². The molecular formula is C6H8IN. The van der Waals surface area contributed by atoms with Gasteiger partial charge in [0, 0.05) is 16.3 Å². The minimum Gasteiger partial charge on any atom is -0.386 e. The van der Waals surface area contributed by atoms with E-state index in [2.05, 4.69) is 40.9 Å². The molecule has 0 amide bonds. The standard InChI is InChI=1S/C6H8IN/c1-5-2-6(7)4-8-3-5/h2,4,8H,3H2,1H3. The lowest BCUT2D eigenvalue weighted by Crippen LogP contribution is -2.11. The molecule has 0 spiro atoms. The number of halogens is 1. The second-order valence-corrected chi connectivity index (χ2v) is 3.15. The van der Waals surface area contributed by atoms with Crippen LogP contribution in [0.25, 0.3) is 0 Å². The van der Waals surface area contributed by atoms with Crippen molar-refractivity contribution in [1.82, 2.24) is 5.32 Å². The van der Waals surface area contributed by atoms with Gasteiger partial charge in [0.05, 0.1) is 0 Å². The van der Waals surface area contributed by atoms with E-state index in [1.165, 1.54) is 9.15 Å². The van der Waals surface area contributed by atoms with Gasteiger partial charge in [-0.05, 0) is 35.6 Å². The van der Waals surface area contributed by atoms with E-state index in [0.29, 0.717) is 0 Å². The Morgan fingerprint density at radius 2 is 2.50 bits per heavy atom. The SMILES string of the molecule is CC1=CC(I)=CNC1. The van der Waals surface area contributed by atoms with Crippen LogP contribution in [0.15, 0.2) is 21.4 Å². The van der Waals surface area contributed by atoms with E-state index in [0.717, 1.165) is 6.54 Å². The van der Waals surface area contributed by atoms with Gasteiger partial charge >= 0.3 is 0 Å². The zero-order valence-corrected chi connectivity index (χ0v) is 6.90. The van der Waals surface area contributed by atoms with Crippen LogP contribution in [0.4, 0.5) is 0 Å². The fraction of sp³-hybridized carbons (Fsp3) is 0.333. The van der Waals surface area contributed by atoms with Crippen LogP contribution in [0.3, 0.4) is 0 Å². The molecular weight excluding hydrogens is 213 g/mol. The highest BCUT2D eigenvalue weighted by atomic mass is 127. The molecule has 1 nitrogen and oxygen atoms in total. The molecule has 0 unspecified atom stereocenters. The Kier molecular flexibility index (Phi) is 1.94. The maximum absolute atomic E-state index is 3.15. The van der Waals surface area contributed by atoms with Gasteiger partial charge in [-0.2, -0.15) is 0 Å². The summed E-state index contributed by atoms with van der Waals surface area (Å²) in [4.78, 5) is 0. The van der Waals surface area contributed by atoms with Crippen LogP contribution >= 0.6 is 22.6 Å². The van der Waals surface area contributed by atoms with Crippen molar-refractivity contribution in [3.05, 3.63) is 21.4 Å². The van der Waals surface area contributed by atoms with Crippen molar-refractivity contribution in [2.75, 3.05) is 6.54 Å². The van der Waals surface area contributed by atoms with Crippen molar-refractivity contribution < 1.29 is 0 Å². The number of dihydropyridines is 1. The Labute approximate surface area is 63.0 Å². The van der Waals surface area contributed by atoms with Crippen molar-refractivity contribution in [3.8, 4) is 0 Å². The normalized spacial score (nSPS) is 18.8. The van der Waals surface area contributed by atoms with Gasteiger partial charge in [0.25, 0.3) is 0 Å². The number of nitrogens with one attached hydrogen (secondary N) is 1. The summed E-state index contributed by atoms with van der Waals surface area (Å²) in [6, 6.07) is 0. The summed E-state index contributed by atoms with van der Waals surface area (Å²) < 4.78 is 1.28. The minimum atomic E-state index is 1.01. The molecule has 1 N–H and O–H groups in total. The molecule has 1 heterocycles. The molecule has 2 heteroatoms. The van der Waals surface area contributed by atoms with Crippen LogP contribution in [0.2, 0.25) is 0 Å². The molecule has 0 saturated carbocycles. The van der Waals surface area contributed by atoms with Crippen LogP contribution in [0.5, 0.6) is 0 Å². The quantitative estimate of drug-likeness (QED) is 0.615. The first-order valence-electron chi connectivity index (χ1n) is 2.55. The van der Waals surface area contributed by atoms with Gasteiger partial charge in [-0.25, -0.2) is 0 Å². The lowest BCUT2D eigenvalue weighted by molar-refractivity contribution is 0.919. The highest BCUT2D eigenvalue weighted by molar-refractivity contribution is 14.1. The zero-order chi connectivity index (χ0) is 5.98. The third-order valence-electron chi connectivity index (χ3n) is 1.01. The van der Waals surface area contributed by atoms with Crippen molar-refractivity contribution in [1.29, 1.82) is 0 Å². The molecule has 0 bridgehead atoms. The predicted molar refractivity (Wildman–Crippen MR) is 43.9 cm³/mol. The summed E-state index contributed by atoms with van der Waals surface area (Å²) in [5.41, 5.74) is 1.40. The summed E-state index contributed by atoms with van der Waals surface area (Å²) in [7, 11) is 0.